The SMILES string of the molecule is c1ccc2c(c1)[nH]c1cc3c(cc12)[nH]c1cc2c(cc13)[nH]c1c2c2[nH]c3cc4c(cc3c2c2[nH]c3cc5c(cc3c12)[nH]c1cc2c(cc15)[nH]c1ccccc12)[nH]c1cc2c(cc14)[nH]c1ccccc12. The van der Waals surface area contributed by atoms with Crippen LogP contribution in [0.1, 0.15) is 0 Å². The van der Waals surface area contributed by atoms with Crippen molar-refractivity contribution in [3.8, 4) is 0 Å². The zero-order chi connectivity index (χ0) is 44.1. The van der Waals surface area contributed by atoms with Crippen molar-refractivity contribution >= 4 is 196 Å². The van der Waals surface area contributed by atoms with Gasteiger partial charge in [0.25, 0.3) is 0 Å². The summed E-state index contributed by atoms with van der Waals surface area (Å²) < 4.78 is 0. The second-order valence-corrected chi connectivity index (χ2v) is 19.7. The van der Waals surface area contributed by atoms with Crippen LogP contribution in [0.25, 0.3) is 196 Å². The molecule has 9 N–H and O–H groups in total. The molecule has 69 heavy (non-hydrogen) atoms. The molecule has 19 aromatic rings. The monoisotopic (exact) mass is 879 g/mol. The van der Waals surface area contributed by atoms with E-state index in [0.717, 1.165) is 99.3 Å². The quantitative estimate of drug-likeness (QED) is 0.0715. The lowest BCUT2D eigenvalue weighted by molar-refractivity contribution is 1.54. The average molecular weight is 880 g/mol. The smallest absolute Gasteiger partial charge is 0.0588 e. The van der Waals surface area contributed by atoms with Crippen LogP contribution in [0, 0.1) is 0 Å². The summed E-state index contributed by atoms with van der Waals surface area (Å²) in [5.41, 5.74) is 20.3. The Bertz CT molecular complexity index is 5040. The zero-order valence-corrected chi connectivity index (χ0v) is 36.4. The number of H-pyrrole nitrogens is 9. The Kier molecular flexibility index (Phi) is 5.46. The van der Waals surface area contributed by atoms with Gasteiger partial charge in [-0.1, -0.05) is 54.6 Å². The van der Waals surface area contributed by atoms with Gasteiger partial charge in [-0.05, 0) is 91.0 Å². The minimum Gasteiger partial charge on any atom is -0.354 e. The molecule has 9 aromatic heterocycles. The number of para-hydroxylation sites is 3. The van der Waals surface area contributed by atoms with Crippen LogP contribution in [-0.2, 0) is 0 Å². The lowest BCUT2D eigenvalue weighted by Crippen LogP contribution is -1.78. The number of aromatic nitrogens is 9. The first-order chi connectivity index (χ1) is 34.1. The van der Waals surface area contributed by atoms with E-state index in [9.17, 15) is 0 Å². The molecule has 0 radical (unpaired) electrons. The molecule has 0 aliphatic carbocycles. The number of aromatic amines is 9. The number of benzene rings is 10. The fraction of sp³-hybridized carbons (Fsp3) is 0. The van der Waals surface area contributed by atoms with Crippen molar-refractivity contribution in [1.82, 2.24) is 44.9 Å². The summed E-state index contributed by atoms with van der Waals surface area (Å²) in [5.74, 6) is 0. The van der Waals surface area contributed by atoms with Crippen LogP contribution in [0.2, 0.25) is 0 Å². The van der Waals surface area contributed by atoms with Crippen molar-refractivity contribution in [3.05, 3.63) is 146 Å². The number of nitrogens with one attached hydrogen (secondary N) is 9. The summed E-state index contributed by atoms with van der Waals surface area (Å²) in [6.07, 6.45) is 0. The van der Waals surface area contributed by atoms with Crippen LogP contribution in [0.5, 0.6) is 0 Å². The Morgan fingerprint density at radius 2 is 0.348 bits per heavy atom. The third-order valence-corrected chi connectivity index (χ3v) is 16.2. The van der Waals surface area contributed by atoms with E-state index in [2.05, 4.69) is 190 Å². The summed E-state index contributed by atoms with van der Waals surface area (Å²) >= 11 is 0. The molecule has 0 aliphatic heterocycles. The first kappa shape index (κ1) is 33.8. The molecule has 0 amide bonds. The standard InChI is InChI=1S/C60H33N9/c1-4-10-40-25(7-1)28-13-46-31(16-43(28)61-40)34-19-52-37(22-49(34)64-46)55-58(67-52)56-38-23-50-36(33-18-45-30(15-48(33)65-50)27-9-3-6-12-42(27)63-45)21-54(38)69-60(56)57-39-24-51-35(20-53(39)68-59(55)57)32-17-44-29(14-47(32)66-51)26-8-2-5-11-41(26)62-44/h1-24,61-69H. The van der Waals surface area contributed by atoms with Gasteiger partial charge in [-0.15, -0.1) is 0 Å². The second kappa shape index (κ2) is 11.1. The van der Waals surface area contributed by atoms with E-state index in [1.54, 1.807) is 0 Å². The van der Waals surface area contributed by atoms with Crippen molar-refractivity contribution in [2.24, 2.45) is 0 Å². The molecule has 0 atom stereocenters. The fourth-order valence-corrected chi connectivity index (χ4v) is 13.2. The maximum Gasteiger partial charge on any atom is 0.0588 e. The molecule has 0 aliphatic rings. The second-order valence-electron chi connectivity index (χ2n) is 19.7. The van der Waals surface area contributed by atoms with Gasteiger partial charge in [0.05, 0.1) is 16.6 Å². The van der Waals surface area contributed by atoms with Gasteiger partial charge in [-0.2, -0.15) is 0 Å². The minimum absolute atomic E-state index is 1.10. The Labute approximate surface area is 385 Å². The van der Waals surface area contributed by atoms with Gasteiger partial charge < -0.3 is 44.9 Å². The topological polar surface area (TPSA) is 142 Å². The number of rotatable bonds is 0. The molecular formula is C60H33N9. The van der Waals surface area contributed by atoms with Crippen molar-refractivity contribution in [3.63, 3.8) is 0 Å². The maximum absolute atomic E-state index is 4.05. The molecule has 9 heterocycles. The van der Waals surface area contributed by atoms with E-state index >= 15 is 0 Å². The molecule has 0 saturated carbocycles. The van der Waals surface area contributed by atoms with Gasteiger partial charge in [0, 0.05) is 180 Å². The molecule has 10 aromatic carbocycles. The summed E-state index contributed by atoms with van der Waals surface area (Å²) in [4.78, 5) is 34.8. The highest BCUT2D eigenvalue weighted by molar-refractivity contribution is 6.40. The number of fused-ring (bicyclic) bond motifs is 30. The first-order valence-corrected chi connectivity index (χ1v) is 23.7. The molecule has 0 bridgehead atoms. The van der Waals surface area contributed by atoms with Gasteiger partial charge in [0.15, 0.2) is 0 Å². The van der Waals surface area contributed by atoms with Gasteiger partial charge in [-0.3, -0.25) is 0 Å². The highest BCUT2D eigenvalue weighted by Gasteiger charge is 2.24. The van der Waals surface area contributed by atoms with Gasteiger partial charge >= 0.3 is 0 Å². The van der Waals surface area contributed by atoms with Gasteiger partial charge in [0.1, 0.15) is 0 Å². The van der Waals surface area contributed by atoms with Crippen LogP contribution in [0.3, 0.4) is 0 Å². The minimum atomic E-state index is 1.10. The summed E-state index contributed by atoms with van der Waals surface area (Å²) in [7, 11) is 0. The maximum atomic E-state index is 4.05. The third-order valence-electron chi connectivity index (χ3n) is 16.2. The Morgan fingerprint density at radius 3 is 0.609 bits per heavy atom. The number of hydrogen-bond acceptors (Lipinski definition) is 0. The summed E-state index contributed by atoms with van der Waals surface area (Å²) in [5, 5.41) is 21.7. The van der Waals surface area contributed by atoms with E-state index in [1.165, 1.54) is 97.0 Å². The molecule has 0 unspecified atom stereocenters. The van der Waals surface area contributed by atoms with Gasteiger partial charge in [-0.25, -0.2) is 0 Å². The summed E-state index contributed by atoms with van der Waals surface area (Å²) in [6.45, 7) is 0. The zero-order valence-electron chi connectivity index (χ0n) is 36.4. The molecule has 318 valence electrons. The fourth-order valence-electron chi connectivity index (χ4n) is 13.2. The number of hydrogen-bond donors (Lipinski definition) is 9. The van der Waals surface area contributed by atoms with Crippen LogP contribution >= 0.6 is 0 Å². The van der Waals surface area contributed by atoms with Crippen molar-refractivity contribution in [2.45, 2.75) is 0 Å². The lowest BCUT2D eigenvalue weighted by Gasteiger charge is -2.01. The Balaban J connectivity index is 0.930. The average Bonchev–Trinajstić information content (AvgIpc) is 4.25. The van der Waals surface area contributed by atoms with Crippen LogP contribution < -0.4 is 0 Å². The highest BCUT2D eigenvalue weighted by atomic mass is 14.8. The largest absolute Gasteiger partial charge is 0.354 e. The molecular weight excluding hydrogens is 847 g/mol. The van der Waals surface area contributed by atoms with Crippen molar-refractivity contribution in [1.29, 1.82) is 0 Å². The summed E-state index contributed by atoms with van der Waals surface area (Å²) in [6, 6.07) is 53.7. The Hall–Kier alpha value is -9.60. The molecule has 0 fully saturated rings. The van der Waals surface area contributed by atoms with Crippen molar-refractivity contribution in [2.75, 3.05) is 0 Å². The van der Waals surface area contributed by atoms with Crippen LogP contribution in [0.15, 0.2) is 146 Å². The van der Waals surface area contributed by atoms with E-state index in [1.807, 2.05) is 0 Å². The Morgan fingerprint density at radius 1 is 0.159 bits per heavy atom. The van der Waals surface area contributed by atoms with Crippen molar-refractivity contribution < 1.29 is 0 Å². The molecule has 9 heteroatoms. The predicted octanol–water partition coefficient (Wildman–Crippen LogP) is 16.4. The first-order valence-electron chi connectivity index (χ1n) is 23.7. The van der Waals surface area contributed by atoms with Gasteiger partial charge in [0.2, 0.25) is 0 Å². The molecule has 0 spiro atoms. The third kappa shape index (κ3) is 4.00. The molecule has 0 saturated heterocycles. The predicted molar refractivity (Wildman–Crippen MR) is 291 cm³/mol. The lowest BCUT2D eigenvalue weighted by atomic mass is 10.0. The van der Waals surface area contributed by atoms with Crippen LogP contribution in [-0.4, -0.2) is 44.9 Å². The van der Waals surface area contributed by atoms with Crippen LogP contribution in [0.4, 0.5) is 0 Å². The highest BCUT2D eigenvalue weighted by Crippen LogP contribution is 2.48. The molecule has 19 rings (SSSR count). The van der Waals surface area contributed by atoms with E-state index in [4.69, 9.17) is 0 Å². The van der Waals surface area contributed by atoms with E-state index < -0.39 is 0 Å². The normalized spacial score (nSPS) is 13.2. The van der Waals surface area contributed by atoms with E-state index in [-0.39, 0.29) is 0 Å². The van der Waals surface area contributed by atoms with E-state index in [0.29, 0.717) is 0 Å². The molecule has 9 nitrogen and oxygen atoms in total.